The van der Waals surface area contributed by atoms with Crippen LogP contribution in [0.4, 0.5) is 0 Å². The first-order valence-corrected chi connectivity index (χ1v) is 20.0. The summed E-state index contributed by atoms with van der Waals surface area (Å²) in [5.74, 6) is -1.10. The van der Waals surface area contributed by atoms with Crippen LogP contribution in [0.5, 0.6) is 0 Å². The molecule has 0 aliphatic carbocycles. The third kappa shape index (κ3) is 4.47. The number of carbonyl (C=O) groups excluding carboxylic acids is 2. The molecule has 37 heavy (non-hydrogen) atoms. The molecule has 0 unspecified atom stereocenters. The summed E-state index contributed by atoms with van der Waals surface area (Å²) in [6, 6.07) is 45.9. The minimum absolute atomic E-state index is 0.377. The van der Waals surface area contributed by atoms with Gasteiger partial charge < -0.3 is 0 Å². The SMILES string of the molecule is O=C([O][Bi]([O]C(=O)c1ccccc1)([c]1ccccc1)([c]1ccccc1)[c]1ccccc1)c1ccccc1. The van der Waals surface area contributed by atoms with Gasteiger partial charge in [-0.2, -0.15) is 0 Å². The van der Waals surface area contributed by atoms with Crippen molar-refractivity contribution >= 4 is 41.4 Å². The molecule has 0 bridgehead atoms. The summed E-state index contributed by atoms with van der Waals surface area (Å²) in [7, 11) is 0. The van der Waals surface area contributed by atoms with Gasteiger partial charge in [-0.05, 0) is 0 Å². The first-order valence-electron chi connectivity index (χ1n) is 11.9. The molecule has 0 atom stereocenters. The first kappa shape index (κ1) is 24.6. The van der Waals surface area contributed by atoms with Crippen molar-refractivity contribution in [3.8, 4) is 0 Å². The van der Waals surface area contributed by atoms with Crippen molar-refractivity contribution in [2.75, 3.05) is 0 Å². The second-order valence-corrected chi connectivity index (χ2v) is 23.3. The zero-order valence-corrected chi connectivity index (χ0v) is 23.5. The van der Waals surface area contributed by atoms with Crippen molar-refractivity contribution in [3.05, 3.63) is 163 Å². The minimum atomic E-state index is -6.10. The molecular formula is C32H25BiO4. The number of carbonyl (C=O) groups is 2. The van der Waals surface area contributed by atoms with Crippen molar-refractivity contribution < 1.29 is 15.2 Å². The molecule has 0 aromatic heterocycles. The van der Waals surface area contributed by atoms with Gasteiger partial charge in [-0.1, -0.05) is 0 Å². The van der Waals surface area contributed by atoms with E-state index in [1.807, 2.05) is 103 Å². The molecule has 0 aliphatic heterocycles. The van der Waals surface area contributed by atoms with Crippen LogP contribution < -0.4 is 9.81 Å². The van der Waals surface area contributed by atoms with Crippen LogP contribution in [0.3, 0.4) is 0 Å². The zero-order valence-electron chi connectivity index (χ0n) is 20.0. The van der Waals surface area contributed by atoms with E-state index in [0.717, 1.165) is 0 Å². The Morgan fingerprint density at radius 2 is 0.622 bits per heavy atom. The van der Waals surface area contributed by atoms with Crippen LogP contribution >= 0.6 is 0 Å². The van der Waals surface area contributed by atoms with E-state index >= 15 is 0 Å². The Bertz CT molecular complexity index is 1330. The van der Waals surface area contributed by atoms with Crippen molar-refractivity contribution in [3.63, 3.8) is 0 Å². The van der Waals surface area contributed by atoms with E-state index in [0.29, 0.717) is 20.9 Å². The van der Waals surface area contributed by atoms with E-state index in [2.05, 4.69) is 0 Å². The molecule has 0 saturated heterocycles. The zero-order chi connectivity index (χ0) is 25.6. The van der Waals surface area contributed by atoms with E-state index in [-0.39, 0.29) is 0 Å². The monoisotopic (exact) mass is 682 g/mol. The average Bonchev–Trinajstić information content (AvgIpc) is 2.99. The molecule has 0 heterocycles. The van der Waals surface area contributed by atoms with Gasteiger partial charge in [0, 0.05) is 0 Å². The Morgan fingerprint density at radius 1 is 0.378 bits per heavy atom. The standard InChI is InChI=1S/2C7H6O2.3C6H5.Bi/c2*8-7(9)6-4-2-1-3-5-6;3*1-2-4-6-5-3-1;/h2*1-5H,(H,8,9);3*1-5H;/q;;;;;+2/p-2. The van der Waals surface area contributed by atoms with Gasteiger partial charge in [-0.25, -0.2) is 0 Å². The average molecular weight is 683 g/mol. The van der Waals surface area contributed by atoms with E-state index in [1.54, 1.807) is 48.5 Å². The Morgan fingerprint density at radius 3 is 0.892 bits per heavy atom. The molecule has 0 amide bonds. The Kier molecular flexibility index (Phi) is 6.98. The molecule has 0 aliphatic rings. The predicted octanol–water partition coefficient (Wildman–Crippen LogP) is 4.82. The summed E-state index contributed by atoms with van der Waals surface area (Å²) in [6.45, 7) is 0. The van der Waals surface area contributed by atoms with Crippen LogP contribution in [-0.4, -0.2) is 31.6 Å². The van der Waals surface area contributed by atoms with Gasteiger partial charge in [0.25, 0.3) is 0 Å². The van der Waals surface area contributed by atoms with E-state index in [4.69, 9.17) is 5.63 Å². The molecule has 5 rings (SSSR count). The fourth-order valence-corrected chi connectivity index (χ4v) is 22.1. The fraction of sp³-hybridized carbons (Fsp3) is 0. The molecule has 5 aromatic rings. The van der Waals surface area contributed by atoms with Gasteiger partial charge in [-0.15, -0.1) is 0 Å². The van der Waals surface area contributed by atoms with Gasteiger partial charge in [0.05, 0.1) is 0 Å². The number of benzene rings is 5. The number of hydrogen-bond donors (Lipinski definition) is 0. The second-order valence-electron chi connectivity index (χ2n) is 8.45. The molecule has 182 valence electrons. The third-order valence-electron chi connectivity index (χ3n) is 6.21. The summed E-state index contributed by atoms with van der Waals surface area (Å²) >= 11 is -6.10. The Labute approximate surface area is 218 Å². The molecule has 0 spiro atoms. The number of rotatable bonds is 7. The van der Waals surface area contributed by atoms with Crippen LogP contribution in [0, 0.1) is 0 Å². The molecule has 0 N–H and O–H groups in total. The van der Waals surface area contributed by atoms with Crippen LogP contribution in [0.25, 0.3) is 0 Å². The van der Waals surface area contributed by atoms with Crippen LogP contribution in [0.2, 0.25) is 0 Å². The molecule has 4 nitrogen and oxygen atoms in total. The van der Waals surface area contributed by atoms with E-state index in [9.17, 15) is 9.59 Å². The van der Waals surface area contributed by atoms with Gasteiger partial charge >= 0.3 is 219 Å². The summed E-state index contributed by atoms with van der Waals surface area (Å²) < 4.78 is 15.6. The summed E-state index contributed by atoms with van der Waals surface area (Å²) in [6.07, 6.45) is 0. The summed E-state index contributed by atoms with van der Waals surface area (Å²) in [4.78, 5) is 27.9. The van der Waals surface area contributed by atoms with Crippen LogP contribution in [0.15, 0.2) is 152 Å². The predicted molar refractivity (Wildman–Crippen MR) is 148 cm³/mol. The fourth-order valence-electron chi connectivity index (χ4n) is 4.45. The van der Waals surface area contributed by atoms with Gasteiger partial charge in [0.1, 0.15) is 0 Å². The number of hydrogen-bond acceptors (Lipinski definition) is 4. The molecule has 0 radical (unpaired) electrons. The van der Waals surface area contributed by atoms with E-state index in [1.165, 1.54) is 0 Å². The molecule has 0 saturated carbocycles. The molecule has 0 fully saturated rings. The first-order chi connectivity index (χ1) is 18.1. The maximum atomic E-state index is 13.9. The summed E-state index contributed by atoms with van der Waals surface area (Å²) in [5, 5.41) is 0. The summed E-state index contributed by atoms with van der Waals surface area (Å²) in [5.41, 5.74) is 0.755. The van der Waals surface area contributed by atoms with Crippen molar-refractivity contribution in [1.29, 1.82) is 0 Å². The normalized spacial score (nSPS) is 12.1. The third-order valence-corrected chi connectivity index (χ3v) is 24.6. The molecular weight excluding hydrogens is 657 g/mol. The van der Waals surface area contributed by atoms with Crippen LogP contribution in [0.1, 0.15) is 20.7 Å². The van der Waals surface area contributed by atoms with Gasteiger partial charge in [0.2, 0.25) is 0 Å². The van der Waals surface area contributed by atoms with Crippen molar-refractivity contribution in [1.82, 2.24) is 0 Å². The Balaban J connectivity index is 1.88. The van der Waals surface area contributed by atoms with Gasteiger partial charge in [-0.3, -0.25) is 0 Å². The maximum absolute atomic E-state index is 13.9. The second kappa shape index (κ2) is 10.5. The van der Waals surface area contributed by atoms with Crippen LogP contribution in [-0.2, 0) is 5.63 Å². The molecule has 5 heteroatoms. The van der Waals surface area contributed by atoms with Crippen molar-refractivity contribution in [2.45, 2.75) is 0 Å². The Hall–Kier alpha value is -4.08. The molecule has 5 aromatic carbocycles. The topological polar surface area (TPSA) is 52.6 Å². The quantitative estimate of drug-likeness (QED) is 0.231. The van der Waals surface area contributed by atoms with Crippen molar-refractivity contribution in [2.24, 2.45) is 0 Å². The van der Waals surface area contributed by atoms with Gasteiger partial charge in [0.15, 0.2) is 0 Å². The van der Waals surface area contributed by atoms with E-state index < -0.39 is 31.6 Å².